The minimum Gasteiger partial charge on any atom is -0.0996 e. The Morgan fingerprint density at radius 3 is 1.89 bits per heavy atom. The van der Waals surface area contributed by atoms with Crippen LogP contribution in [0.3, 0.4) is 0 Å². The first-order valence-corrected chi connectivity index (χ1v) is 13.0. The molecule has 0 heterocycles. The van der Waals surface area contributed by atoms with Gasteiger partial charge in [0.05, 0.1) is 0 Å². The summed E-state index contributed by atoms with van der Waals surface area (Å²) in [6, 6.07) is 0. The standard InChI is InChI=1S/C28H56/c1-9-12-14-19-24(6)22-28(25(7)17-10-2)21-16-13-15-20-27(18-11-3)26(8)23(4)5/h23-24,26-28H,7,9-22H2,1-6,8H3. The van der Waals surface area contributed by atoms with E-state index in [9.17, 15) is 0 Å². The average Bonchev–Trinajstić information content (AvgIpc) is 2.65. The van der Waals surface area contributed by atoms with E-state index in [4.69, 9.17) is 0 Å². The molecule has 0 aliphatic carbocycles. The Morgan fingerprint density at radius 2 is 1.32 bits per heavy atom. The minimum absolute atomic E-state index is 0.776. The molecule has 0 saturated heterocycles. The van der Waals surface area contributed by atoms with Crippen LogP contribution in [0.4, 0.5) is 0 Å². The van der Waals surface area contributed by atoms with Crippen molar-refractivity contribution in [2.75, 3.05) is 0 Å². The van der Waals surface area contributed by atoms with Crippen LogP contribution in [-0.4, -0.2) is 0 Å². The van der Waals surface area contributed by atoms with Crippen molar-refractivity contribution in [3.8, 4) is 0 Å². The van der Waals surface area contributed by atoms with Crippen LogP contribution in [0.2, 0.25) is 0 Å². The summed E-state index contributed by atoms with van der Waals surface area (Å²) in [6.07, 6.45) is 19.3. The molecule has 0 heteroatoms. The van der Waals surface area contributed by atoms with E-state index in [2.05, 4.69) is 55.0 Å². The summed E-state index contributed by atoms with van der Waals surface area (Å²) in [7, 11) is 0. The molecule has 4 atom stereocenters. The van der Waals surface area contributed by atoms with Crippen LogP contribution in [-0.2, 0) is 0 Å². The fourth-order valence-electron chi connectivity index (χ4n) is 4.92. The van der Waals surface area contributed by atoms with E-state index in [1.165, 1.54) is 89.9 Å². The van der Waals surface area contributed by atoms with E-state index in [-0.39, 0.29) is 0 Å². The predicted octanol–water partition coefficient (Wildman–Crippen LogP) is 10.2. The molecule has 0 aliphatic heterocycles. The van der Waals surface area contributed by atoms with Crippen LogP contribution >= 0.6 is 0 Å². The van der Waals surface area contributed by atoms with Gasteiger partial charge in [0.15, 0.2) is 0 Å². The lowest BCUT2D eigenvalue weighted by Crippen LogP contribution is -2.17. The molecule has 0 nitrogen and oxygen atoms in total. The van der Waals surface area contributed by atoms with Crippen molar-refractivity contribution in [1.29, 1.82) is 0 Å². The fourth-order valence-corrected chi connectivity index (χ4v) is 4.92. The summed E-state index contributed by atoms with van der Waals surface area (Å²) in [5.41, 5.74) is 1.54. The molecule has 0 bridgehead atoms. The minimum atomic E-state index is 0.776. The highest BCUT2D eigenvalue weighted by atomic mass is 14.3. The molecule has 0 saturated carbocycles. The van der Waals surface area contributed by atoms with Gasteiger partial charge in [-0.25, -0.2) is 0 Å². The van der Waals surface area contributed by atoms with Crippen LogP contribution in [0.5, 0.6) is 0 Å². The number of unbranched alkanes of at least 4 members (excludes halogenated alkanes) is 4. The molecule has 0 fully saturated rings. The maximum atomic E-state index is 4.49. The monoisotopic (exact) mass is 392 g/mol. The van der Waals surface area contributed by atoms with Crippen molar-refractivity contribution in [2.45, 2.75) is 138 Å². The van der Waals surface area contributed by atoms with Gasteiger partial charge in [-0.05, 0) is 48.9 Å². The van der Waals surface area contributed by atoms with E-state index in [1.807, 2.05) is 0 Å². The predicted molar refractivity (Wildman–Crippen MR) is 131 cm³/mol. The zero-order chi connectivity index (χ0) is 21.4. The van der Waals surface area contributed by atoms with Crippen LogP contribution in [0.15, 0.2) is 12.2 Å². The first-order chi connectivity index (χ1) is 13.4. The van der Waals surface area contributed by atoms with Crippen LogP contribution in [0.1, 0.15) is 138 Å². The first-order valence-electron chi connectivity index (χ1n) is 13.0. The van der Waals surface area contributed by atoms with Gasteiger partial charge in [-0.15, -0.1) is 0 Å². The average molecular weight is 393 g/mol. The Bertz CT molecular complexity index is 353. The van der Waals surface area contributed by atoms with Gasteiger partial charge in [-0.2, -0.15) is 0 Å². The normalized spacial score (nSPS) is 16.1. The molecule has 28 heavy (non-hydrogen) atoms. The third-order valence-corrected chi connectivity index (χ3v) is 7.22. The lowest BCUT2D eigenvalue weighted by Gasteiger charge is -2.27. The Labute approximate surface area is 180 Å². The van der Waals surface area contributed by atoms with E-state index >= 15 is 0 Å². The van der Waals surface area contributed by atoms with Crippen molar-refractivity contribution in [3.05, 3.63) is 12.2 Å². The van der Waals surface area contributed by atoms with E-state index in [1.54, 1.807) is 5.57 Å². The Hall–Kier alpha value is -0.260. The molecule has 168 valence electrons. The quantitative estimate of drug-likeness (QED) is 0.151. The summed E-state index contributed by atoms with van der Waals surface area (Å²) in [5.74, 6) is 4.28. The fraction of sp³-hybridized carbons (Fsp3) is 0.929. The van der Waals surface area contributed by atoms with Gasteiger partial charge in [-0.3, -0.25) is 0 Å². The van der Waals surface area contributed by atoms with Gasteiger partial charge in [-0.1, -0.05) is 131 Å². The number of rotatable bonds is 19. The number of allylic oxidation sites excluding steroid dienone is 1. The van der Waals surface area contributed by atoms with E-state index < -0.39 is 0 Å². The van der Waals surface area contributed by atoms with Gasteiger partial charge in [0.1, 0.15) is 0 Å². The van der Waals surface area contributed by atoms with Crippen molar-refractivity contribution in [1.82, 2.24) is 0 Å². The molecule has 0 aliphatic rings. The lowest BCUT2D eigenvalue weighted by atomic mass is 9.79. The zero-order valence-corrected chi connectivity index (χ0v) is 21.0. The Balaban J connectivity index is 4.36. The van der Waals surface area contributed by atoms with Crippen LogP contribution < -0.4 is 0 Å². The van der Waals surface area contributed by atoms with E-state index in [0.717, 1.165) is 29.6 Å². The van der Waals surface area contributed by atoms with Crippen molar-refractivity contribution >= 4 is 0 Å². The molecule has 0 aromatic carbocycles. The maximum absolute atomic E-state index is 4.49. The van der Waals surface area contributed by atoms with Crippen LogP contribution in [0.25, 0.3) is 0 Å². The summed E-state index contributed by atoms with van der Waals surface area (Å²) < 4.78 is 0. The lowest BCUT2D eigenvalue weighted by molar-refractivity contribution is 0.239. The third kappa shape index (κ3) is 13.1. The summed E-state index contributed by atoms with van der Waals surface area (Å²) in [4.78, 5) is 0. The largest absolute Gasteiger partial charge is 0.0996 e. The van der Waals surface area contributed by atoms with Crippen LogP contribution in [0, 0.1) is 29.6 Å². The first kappa shape index (κ1) is 27.7. The number of hydrogen-bond acceptors (Lipinski definition) is 0. The molecular formula is C28H56. The van der Waals surface area contributed by atoms with Crippen molar-refractivity contribution in [2.24, 2.45) is 29.6 Å². The number of hydrogen-bond donors (Lipinski definition) is 0. The Kier molecular flexibility index (Phi) is 17.4. The zero-order valence-electron chi connectivity index (χ0n) is 21.0. The van der Waals surface area contributed by atoms with Gasteiger partial charge in [0.25, 0.3) is 0 Å². The van der Waals surface area contributed by atoms with E-state index in [0.29, 0.717) is 0 Å². The molecule has 0 aromatic rings. The second kappa shape index (κ2) is 17.6. The highest BCUT2D eigenvalue weighted by Gasteiger charge is 2.19. The molecule has 0 amide bonds. The molecule has 0 N–H and O–H groups in total. The molecule has 0 radical (unpaired) electrons. The van der Waals surface area contributed by atoms with Gasteiger partial charge in [0, 0.05) is 0 Å². The summed E-state index contributed by atoms with van der Waals surface area (Å²) >= 11 is 0. The maximum Gasteiger partial charge on any atom is -0.0203 e. The topological polar surface area (TPSA) is 0 Å². The molecule has 4 unspecified atom stereocenters. The summed E-state index contributed by atoms with van der Waals surface area (Å²) in [5, 5.41) is 0. The Morgan fingerprint density at radius 1 is 0.679 bits per heavy atom. The second-order valence-electron chi connectivity index (χ2n) is 10.2. The summed E-state index contributed by atoms with van der Waals surface area (Å²) in [6.45, 7) is 21.2. The van der Waals surface area contributed by atoms with Gasteiger partial charge >= 0.3 is 0 Å². The molecule has 0 spiro atoms. The molecule has 0 rings (SSSR count). The molecule has 0 aromatic heterocycles. The third-order valence-electron chi connectivity index (χ3n) is 7.22. The smallest absolute Gasteiger partial charge is 0.0203 e. The highest BCUT2D eigenvalue weighted by Crippen LogP contribution is 2.32. The van der Waals surface area contributed by atoms with Crippen molar-refractivity contribution in [3.63, 3.8) is 0 Å². The molecular weight excluding hydrogens is 336 g/mol. The highest BCUT2D eigenvalue weighted by molar-refractivity contribution is 5.00. The van der Waals surface area contributed by atoms with Crippen molar-refractivity contribution < 1.29 is 0 Å². The van der Waals surface area contributed by atoms with Gasteiger partial charge in [0.2, 0.25) is 0 Å². The van der Waals surface area contributed by atoms with Gasteiger partial charge < -0.3 is 0 Å². The second-order valence-corrected chi connectivity index (χ2v) is 10.2. The SMILES string of the molecule is C=C(CCC)C(CCCCCC(CCC)C(C)C(C)C)CC(C)CCCCC.